The second-order valence-corrected chi connectivity index (χ2v) is 5.97. The van der Waals surface area contributed by atoms with Crippen molar-refractivity contribution in [3.63, 3.8) is 0 Å². The Morgan fingerprint density at radius 3 is 2.59 bits per heavy atom. The molecule has 0 aliphatic heterocycles. The summed E-state index contributed by atoms with van der Waals surface area (Å²) in [5.41, 5.74) is 3.92. The molecule has 1 amide bonds. The number of ether oxygens (including phenoxy) is 2. The van der Waals surface area contributed by atoms with Gasteiger partial charge in [-0.25, -0.2) is 5.43 Å². The first kappa shape index (κ1) is 18.5. The molecule has 138 valence electrons. The molecule has 0 heterocycles. The molecular weight excluding hydrogens is 340 g/mol. The van der Waals surface area contributed by atoms with Crippen LogP contribution in [-0.2, 0) is 0 Å². The van der Waals surface area contributed by atoms with Crippen molar-refractivity contribution in [1.29, 1.82) is 0 Å². The Kier molecular flexibility index (Phi) is 6.05. The van der Waals surface area contributed by atoms with Crippen LogP contribution in [0.1, 0.15) is 29.3 Å². The van der Waals surface area contributed by atoms with Crippen LogP contribution < -0.4 is 14.9 Å². The summed E-state index contributed by atoms with van der Waals surface area (Å²) in [6, 6.07) is 18.8. The summed E-state index contributed by atoms with van der Waals surface area (Å²) in [5.74, 6) is 1.16. The van der Waals surface area contributed by atoms with Crippen LogP contribution >= 0.6 is 0 Å². The molecule has 3 aromatic rings. The number of hydrazone groups is 1. The third-order valence-corrected chi connectivity index (χ3v) is 4.10. The quantitative estimate of drug-likeness (QED) is 0.500. The Morgan fingerprint density at radius 2 is 1.85 bits per heavy atom. The Bertz CT molecular complexity index is 949. The number of nitrogens with zero attached hydrogens (tertiary/aromatic N) is 1. The standard InChI is InChI=1S/C22H22N2O3/c1-3-14-27-21-13-10-16-6-4-5-7-19(16)20(21)15-23-24-22(25)17-8-11-18(26-2)12-9-17/h4-13,15H,3,14H2,1-2H3,(H,24,25)/b23-15-. The molecule has 0 saturated heterocycles. The summed E-state index contributed by atoms with van der Waals surface area (Å²) < 4.78 is 10.9. The van der Waals surface area contributed by atoms with E-state index in [1.165, 1.54) is 0 Å². The Hall–Kier alpha value is -3.34. The first-order valence-corrected chi connectivity index (χ1v) is 8.85. The van der Waals surface area contributed by atoms with Crippen molar-refractivity contribution in [3.8, 4) is 11.5 Å². The molecule has 27 heavy (non-hydrogen) atoms. The van der Waals surface area contributed by atoms with Gasteiger partial charge in [0.05, 0.1) is 19.9 Å². The van der Waals surface area contributed by atoms with Gasteiger partial charge in [-0.2, -0.15) is 5.10 Å². The van der Waals surface area contributed by atoms with Crippen molar-refractivity contribution in [3.05, 3.63) is 71.8 Å². The molecule has 3 rings (SSSR count). The van der Waals surface area contributed by atoms with E-state index in [2.05, 4.69) is 17.5 Å². The van der Waals surface area contributed by atoms with Gasteiger partial charge < -0.3 is 9.47 Å². The lowest BCUT2D eigenvalue weighted by atomic mass is 10.0. The number of benzene rings is 3. The van der Waals surface area contributed by atoms with E-state index in [0.29, 0.717) is 17.9 Å². The van der Waals surface area contributed by atoms with E-state index in [4.69, 9.17) is 9.47 Å². The van der Waals surface area contributed by atoms with Gasteiger partial charge in [0.1, 0.15) is 11.5 Å². The molecule has 0 atom stereocenters. The molecule has 0 saturated carbocycles. The lowest BCUT2D eigenvalue weighted by Gasteiger charge is -2.11. The average Bonchev–Trinajstić information content (AvgIpc) is 2.72. The van der Waals surface area contributed by atoms with Crippen molar-refractivity contribution in [2.45, 2.75) is 13.3 Å². The van der Waals surface area contributed by atoms with E-state index in [1.807, 2.05) is 36.4 Å². The highest BCUT2D eigenvalue weighted by Crippen LogP contribution is 2.26. The predicted molar refractivity (Wildman–Crippen MR) is 108 cm³/mol. The van der Waals surface area contributed by atoms with Crippen LogP contribution in [0.4, 0.5) is 0 Å². The van der Waals surface area contributed by atoms with Crippen LogP contribution in [0.5, 0.6) is 11.5 Å². The van der Waals surface area contributed by atoms with Gasteiger partial charge in [-0.05, 0) is 47.5 Å². The molecule has 0 bridgehead atoms. The highest BCUT2D eigenvalue weighted by molar-refractivity contribution is 6.03. The molecule has 3 aromatic carbocycles. The number of rotatable bonds is 7. The SMILES string of the molecule is CCCOc1ccc2ccccc2c1/C=N\NC(=O)c1ccc(OC)cc1. The minimum Gasteiger partial charge on any atom is -0.497 e. The maximum absolute atomic E-state index is 12.3. The number of amides is 1. The van der Waals surface area contributed by atoms with Crippen LogP contribution in [-0.4, -0.2) is 25.8 Å². The third-order valence-electron chi connectivity index (χ3n) is 4.10. The first-order chi connectivity index (χ1) is 13.2. The molecule has 1 N–H and O–H groups in total. The van der Waals surface area contributed by atoms with Gasteiger partial charge in [0, 0.05) is 11.1 Å². The van der Waals surface area contributed by atoms with Gasteiger partial charge in [0.2, 0.25) is 0 Å². The normalized spacial score (nSPS) is 10.9. The summed E-state index contributed by atoms with van der Waals surface area (Å²) in [5, 5.41) is 6.25. The fourth-order valence-corrected chi connectivity index (χ4v) is 2.71. The van der Waals surface area contributed by atoms with Gasteiger partial charge >= 0.3 is 0 Å². The third kappa shape index (κ3) is 4.44. The number of nitrogens with one attached hydrogen (secondary N) is 1. The number of hydrogen-bond donors (Lipinski definition) is 1. The molecule has 0 fully saturated rings. The second-order valence-electron chi connectivity index (χ2n) is 5.97. The van der Waals surface area contributed by atoms with Gasteiger partial charge in [-0.1, -0.05) is 37.3 Å². The molecule has 5 nitrogen and oxygen atoms in total. The molecule has 5 heteroatoms. The highest BCUT2D eigenvalue weighted by Gasteiger charge is 2.08. The zero-order valence-corrected chi connectivity index (χ0v) is 15.4. The minimum absolute atomic E-state index is 0.287. The van der Waals surface area contributed by atoms with Crippen LogP contribution in [0, 0.1) is 0 Å². The van der Waals surface area contributed by atoms with Crippen LogP contribution in [0.25, 0.3) is 10.8 Å². The van der Waals surface area contributed by atoms with E-state index < -0.39 is 0 Å². The number of carbonyl (C=O) groups excluding carboxylic acids is 1. The van der Waals surface area contributed by atoms with Crippen LogP contribution in [0.2, 0.25) is 0 Å². The molecular formula is C22H22N2O3. The Labute approximate surface area is 158 Å². The average molecular weight is 362 g/mol. The number of hydrogen-bond acceptors (Lipinski definition) is 4. The van der Waals surface area contributed by atoms with E-state index in [-0.39, 0.29) is 5.91 Å². The largest absolute Gasteiger partial charge is 0.497 e. The topological polar surface area (TPSA) is 59.9 Å². The van der Waals surface area contributed by atoms with Crippen molar-refractivity contribution in [2.75, 3.05) is 13.7 Å². The summed E-state index contributed by atoms with van der Waals surface area (Å²) in [7, 11) is 1.59. The fraction of sp³-hybridized carbons (Fsp3) is 0.182. The van der Waals surface area contributed by atoms with E-state index in [1.54, 1.807) is 37.6 Å². The van der Waals surface area contributed by atoms with Gasteiger partial charge in [-0.3, -0.25) is 4.79 Å². The Balaban J connectivity index is 1.82. The molecule has 0 unspecified atom stereocenters. The number of carbonyl (C=O) groups is 1. The predicted octanol–water partition coefficient (Wildman–Crippen LogP) is 4.40. The zero-order valence-electron chi connectivity index (χ0n) is 15.4. The summed E-state index contributed by atoms with van der Waals surface area (Å²) >= 11 is 0. The summed E-state index contributed by atoms with van der Waals surface area (Å²) in [6.45, 7) is 2.68. The molecule has 0 radical (unpaired) electrons. The monoisotopic (exact) mass is 362 g/mol. The van der Waals surface area contributed by atoms with Crippen LogP contribution in [0.3, 0.4) is 0 Å². The fourth-order valence-electron chi connectivity index (χ4n) is 2.71. The van der Waals surface area contributed by atoms with Crippen molar-refractivity contribution in [2.24, 2.45) is 5.10 Å². The van der Waals surface area contributed by atoms with Gasteiger partial charge in [0.15, 0.2) is 0 Å². The number of fused-ring (bicyclic) bond motifs is 1. The number of methoxy groups -OCH3 is 1. The van der Waals surface area contributed by atoms with Gasteiger partial charge in [-0.15, -0.1) is 0 Å². The molecule has 0 spiro atoms. The van der Waals surface area contributed by atoms with Crippen molar-refractivity contribution >= 4 is 22.9 Å². The maximum atomic E-state index is 12.3. The van der Waals surface area contributed by atoms with Crippen LogP contribution in [0.15, 0.2) is 65.8 Å². The maximum Gasteiger partial charge on any atom is 0.271 e. The van der Waals surface area contributed by atoms with E-state index in [0.717, 1.165) is 28.5 Å². The van der Waals surface area contributed by atoms with Crippen molar-refractivity contribution < 1.29 is 14.3 Å². The summed E-state index contributed by atoms with van der Waals surface area (Å²) in [4.78, 5) is 12.3. The lowest BCUT2D eigenvalue weighted by molar-refractivity contribution is 0.0955. The second kappa shape index (κ2) is 8.85. The molecule has 0 aliphatic rings. The molecule has 0 aliphatic carbocycles. The highest BCUT2D eigenvalue weighted by atomic mass is 16.5. The van der Waals surface area contributed by atoms with Crippen molar-refractivity contribution in [1.82, 2.24) is 5.43 Å². The minimum atomic E-state index is -0.287. The van der Waals surface area contributed by atoms with Gasteiger partial charge in [0.25, 0.3) is 5.91 Å². The Morgan fingerprint density at radius 1 is 1.07 bits per heavy atom. The van der Waals surface area contributed by atoms with E-state index in [9.17, 15) is 4.79 Å². The zero-order chi connectivity index (χ0) is 19.1. The smallest absolute Gasteiger partial charge is 0.271 e. The first-order valence-electron chi connectivity index (χ1n) is 8.85. The van der Waals surface area contributed by atoms with E-state index >= 15 is 0 Å². The lowest BCUT2D eigenvalue weighted by Crippen LogP contribution is -2.17. The summed E-state index contributed by atoms with van der Waals surface area (Å²) in [6.07, 6.45) is 2.55. The molecule has 0 aromatic heterocycles.